The quantitative estimate of drug-likeness (QED) is 0.818. The summed E-state index contributed by atoms with van der Waals surface area (Å²) in [6, 6.07) is 7.04. The molecule has 0 heterocycles. The van der Waals surface area contributed by atoms with Crippen LogP contribution < -0.4 is 15.4 Å². The second-order valence-corrected chi connectivity index (χ2v) is 5.49. The molecule has 116 valence electrons. The van der Waals surface area contributed by atoms with Gasteiger partial charge in [-0.2, -0.15) is 0 Å². The molecule has 2 N–H and O–H groups in total. The first-order valence-electron chi connectivity index (χ1n) is 6.73. The molecule has 21 heavy (non-hydrogen) atoms. The van der Waals surface area contributed by atoms with Crippen LogP contribution in [0.3, 0.4) is 0 Å². The van der Waals surface area contributed by atoms with Gasteiger partial charge in [-0.05, 0) is 32.9 Å². The largest absolute Gasteiger partial charge is 0.492 e. The van der Waals surface area contributed by atoms with Crippen molar-refractivity contribution in [2.45, 2.75) is 33.3 Å². The lowest BCUT2D eigenvalue weighted by atomic mass is 10.2. The lowest BCUT2D eigenvalue weighted by Crippen LogP contribution is -2.34. The van der Waals surface area contributed by atoms with Crippen molar-refractivity contribution < 1.29 is 19.1 Å². The average molecular weight is 294 g/mol. The maximum atomic E-state index is 11.4. The van der Waals surface area contributed by atoms with E-state index >= 15 is 0 Å². The number of carbonyl (C=O) groups excluding carboxylic acids is 2. The van der Waals surface area contributed by atoms with Gasteiger partial charge in [0, 0.05) is 18.7 Å². The van der Waals surface area contributed by atoms with Crippen molar-refractivity contribution in [1.29, 1.82) is 0 Å². The fourth-order valence-electron chi connectivity index (χ4n) is 1.50. The summed E-state index contributed by atoms with van der Waals surface area (Å²) in [6.45, 7) is 7.49. The van der Waals surface area contributed by atoms with Crippen LogP contribution in [0.2, 0.25) is 0 Å². The second-order valence-electron chi connectivity index (χ2n) is 5.49. The van der Waals surface area contributed by atoms with Gasteiger partial charge in [0.15, 0.2) is 0 Å². The highest BCUT2D eigenvalue weighted by Crippen LogP contribution is 2.17. The molecule has 0 saturated carbocycles. The van der Waals surface area contributed by atoms with Gasteiger partial charge in [0.2, 0.25) is 5.91 Å². The summed E-state index contributed by atoms with van der Waals surface area (Å²) in [5, 5.41) is 5.27. The predicted octanol–water partition coefficient (Wildman–Crippen LogP) is 2.55. The van der Waals surface area contributed by atoms with E-state index in [0.29, 0.717) is 24.6 Å². The standard InChI is InChI=1S/C15H22N2O4/c1-11(18)17-12-6-5-7-13(10-12)20-9-8-16-14(19)21-15(2,3)4/h5-7,10H,8-9H2,1-4H3,(H,16,19)(H,17,18). The van der Waals surface area contributed by atoms with E-state index < -0.39 is 11.7 Å². The summed E-state index contributed by atoms with van der Waals surface area (Å²) in [4.78, 5) is 22.4. The molecule has 0 fully saturated rings. The minimum atomic E-state index is -0.516. The first-order valence-corrected chi connectivity index (χ1v) is 6.73. The van der Waals surface area contributed by atoms with Gasteiger partial charge in [0.25, 0.3) is 0 Å². The topological polar surface area (TPSA) is 76.7 Å². The molecule has 0 radical (unpaired) electrons. The summed E-state index contributed by atoms with van der Waals surface area (Å²) in [5.74, 6) is 0.478. The number of hydrogen-bond donors (Lipinski definition) is 2. The molecule has 0 aliphatic rings. The fraction of sp³-hybridized carbons (Fsp3) is 0.467. The van der Waals surface area contributed by atoms with E-state index in [0.717, 1.165) is 0 Å². The Bertz CT molecular complexity index is 495. The summed E-state index contributed by atoms with van der Waals surface area (Å²) in [5.41, 5.74) is 0.151. The van der Waals surface area contributed by atoms with E-state index in [9.17, 15) is 9.59 Å². The van der Waals surface area contributed by atoms with E-state index in [1.807, 2.05) is 0 Å². The molecule has 0 spiro atoms. The second kappa shape index (κ2) is 7.52. The third kappa shape index (κ3) is 7.81. The van der Waals surface area contributed by atoms with Gasteiger partial charge in [-0.25, -0.2) is 4.79 Å². The summed E-state index contributed by atoms with van der Waals surface area (Å²) in [7, 11) is 0. The number of hydrogen-bond acceptors (Lipinski definition) is 4. The Labute approximate surface area is 124 Å². The van der Waals surface area contributed by atoms with Crippen LogP contribution in [0.1, 0.15) is 27.7 Å². The number of benzene rings is 1. The van der Waals surface area contributed by atoms with Crippen LogP contribution in [0.25, 0.3) is 0 Å². The molecular formula is C15H22N2O4. The van der Waals surface area contributed by atoms with Gasteiger partial charge in [0.1, 0.15) is 18.0 Å². The Balaban J connectivity index is 2.33. The van der Waals surface area contributed by atoms with Crippen LogP contribution >= 0.6 is 0 Å². The van der Waals surface area contributed by atoms with Crippen LogP contribution in [0.15, 0.2) is 24.3 Å². The lowest BCUT2D eigenvalue weighted by molar-refractivity contribution is -0.114. The van der Waals surface area contributed by atoms with Gasteiger partial charge in [-0.15, -0.1) is 0 Å². The molecule has 0 aliphatic carbocycles. The summed E-state index contributed by atoms with van der Waals surface area (Å²) < 4.78 is 10.6. The van der Waals surface area contributed by atoms with Crippen LogP contribution in [-0.2, 0) is 9.53 Å². The summed E-state index contributed by atoms with van der Waals surface area (Å²) >= 11 is 0. The zero-order chi connectivity index (χ0) is 15.9. The molecule has 0 atom stereocenters. The number of alkyl carbamates (subject to hydrolysis) is 1. The average Bonchev–Trinajstić information content (AvgIpc) is 2.32. The van der Waals surface area contributed by atoms with Crippen LogP contribution in [0.4, 0.5) is 10.5 Å². The summed E-state index contributed by atoms with van der Waals surface area (Å²) in [6.07, 6.45) is -0.474. The number of amides is 2. The maximum absolute atomic E-state index is 11.4. The van der Waals surface area contributed by atoms with Gasteiger partial charge < -0.3 is 20.1 Å². The van der Waals surface area contributed by atoms with Crippen LogP contribution in [0.5, 0.6) is 5.75 Å². The van der Waals surface area contributed by atoms with Gasteiger partial charge in [-0.1, -0.05) is 6.07 Å². The number of nitrogens with one attached hydrogen (secondary N) is 2. The lowest BCUT2D eigenvalue weighted by Gasteiger charge is -2.19. The molecule has 1 rings (SSSR count). The normalized spacial score (nSPS) is 10.7. The Morgan fingerprint density at radius 2 is 1.95 bits per heavy atom. The van der Waals surface area contributed by atoms with E-state index in [1.165, 1.54) is 6.92 Å². The maximum Gasteiger partial charge on any atom is 0.407 e. The minimum absolute atomic E-state index is 0.140. The Morgan fingerprint density at radius 3 is 2.57 bits per heavy atom. The SMILES string of the molecule is CC(=O)Nc1cccc(OCCNC(=O)OC(C)(C)C)c1. The fourth-order valence-corrected chi connectivity index (χ4v) is 1.50. The van der Waals surface area contributed by atoms with E-state index in [2.05, 4.69) is 10.6 Å². The van der Waals surface area contributed by atoms with E-state index in [4.69, 9.17) is 9.47 Å². The number of ether oxygens (including phenoxy) is 2. The van der Waals surface area contributed by atoms with Crippen molar-refractivity contribution in [1.82, 2.24) is 5.32 Å². The number of rotatable bonds is 5. The highest BCUT2D eigenvalue weighted by molar-refractivity contribution is 5.88. The molecular weight excluding hydrogens is 272 g/mol. The molecule has 0 aliphatic heterocycles. The van der Waals surface area contributed by atoms with Gasteiger partial charge >= 0.3 is 6.09 Å². The minimum Gasteiger partial charge on any atom is -0.492 e. The number of carbonyl (C=O) groups is 2. The zero-order valence-electron chi connectivity index (χ0n) is 12.9. The van der Waals surface area contributed by atoms with E-state index in [1.54, 1.807) is 45.0 Å². The smallest absolute Gasteiger partial charge is 0.407 e. The van der Waals surface area contributed by atoms with Crippen molar-refractivity contribution in [3.63, 3.8) is 0 Å². The van der Waals surface area contributed by atoms with Crippen LogP contribution in [-0.4, -0.2) is 30.8 Å². The Hall–Kier alpha value is -2.24. The van der Waals surface area contributed by atoms with E-state index in [-0.39, 0.29) is 5.91 Å². The first-order chi connectivity index (χ1) is 9.76. The highest BCUT2D eigenvalue weighted by Gasteiger charge is 2.15. The third-order valence-electron chi connectivity index (χ3n) is 2.19. The zero-order valence-corrected chi connectivity index (χ0v) is 12.9. The Morgan fingerprint density at radius 1 is 1.24 bits per heavy atom. The molecule has 2 amide bonds. The monoisotopic (exact) mass is 294 g/mol. The molecule has 0 bridgehead atoms. The van der Waals surface area contributed by atoms with Gasteiger partial charge in [-0.3, -0.25) is 4.79 Å². The first kappa shape index (κ1) is 16.8. The molecule has 6 heteroatoms. The molecule has 0 aromatic heterocycles. The number of anilines is 1. The van der Waals surface area contributed by atoms with Crippen molar-refractivity contribution in [2.24, 2.45) is 0 Å². The molecule has 1 aromatic carbocycles. The van der Waals surface area contributed by atoms with Crippen molar-refractivity contribution >= 4 is 17.7 Å². The Kier molecular flexibility index (Phi) is 6.02. The van der Waals surface area contributed by atoms with Gasteiger partial charge in [0.05, 0.1) is 6.54 Å². The highest BCUT2D eigenvalue weighted by atomic mass is 16.6. The van der Waals surface area contributed by atoms with Crippen molar-refractivity contribution in [3.05, 3.63) is 24.3 Å². The van der Waals surface area contributed by atoms with Crippen LogP contribution in [0, 0.1) is 0 Å². The molecule has 6 nitrogen and oxygen atoms in total. The predicted molar refractivity (Wildman–Crippen MR) is 80.5 cm³/mol. The molecule has 0 unspecified atom stereocenters. The van der Waals surface area contributed by atoms with Crippen molar-refractivity contribution in [3.8, 4) is 5.75 Å². The molecule has 0 saturated heterocycles. The van der Waals surface area contributed by atoms with Crippen molar-refractivity contribution in [2.75, 3.05) is 18.5 Å². The third-order valence-corrected chi connectivity index (χ3v) is 2.19. The molecule has 1 aromatic rings.